The fourth-order valence-electron chi connectivity index (χ4n) is 1.32. The van der Waals surface area contributed by atoms with Gasteiger partial charge in [-0.25, -0.2) is 0 Å². The molecule has 0 aliphatic carbocycles. The van der Waals surface area contributed by atoms with E-state index in [9.17, 15) is 0 Å². The first-order chi connectivity index (χ1) is 6.72. The van der Waals surface area contributed by atoms with Gasteiger partial charge in [-0.2, -0.15) is 0 Å². The van der Waals surface area contributed by atoms with Gasteiger partial charge in [0, 0.05) is 7.11 Å². The Kier molecular flexibility index (Phi) is 4.63. The highest BCUT2D eigenvalue weighted by Gasteiger charge is 2.01. The van der Waals surface area contributed by atoms with Crippen LogP contribution in [-0.2, 0) is 16.1 Å². The highest BCUT2D eigenvalue weighted by atomic mass is 16.5. The van der Waals surface area contributed by atoms with Crippen LogP contribution in [0.15, 0.2) is 24.3 Å². The van der Waals surface area contributed by atoms with Gasteiger partial charge >= 0.3 is 0 Å². The molecule has 0 heterocycles. The molecule has 0 aromatic heterocycles. The number of benzene rings is 1. The third-order valence-corrected chi connectivity index (χ3v) is 2.02. The molecule has 1 rings (SSSR count). The van der Waals surface area contributed by atoms with Crippen LogP contribution < -0.4 is 0 Å². The van der Waals surface area contributed by atoms with Crippen LogP contribution in [0, 0.1) is 6.92 Å². The number of ether oxygens (including phenoxy) is 2. The Hall–Kier alpha value is -0.860. The third-order valence-electron chi connectivity index (χ3n) is 2.02. The smallest absolute Gasteiger partial charge is 0.0784 e. The molecule has 2 nitrogen and oxygen atoms in total. The molecule has 1 atom stereocenters. The predicted octanol–water partition coefficient (Wildman–Crippen LogP) is 2.55. The molecule has 14 heavy (non-hydrogen) atoms. The minimum absolute atomic E-state index is 0.153. The molecule has 0 amide bonds. The van der Waals surface area contributed by atoms with E-state index in [-0.39, 0.29) is 6.10 Å². The van der Waals surface area contributed by atoms with Gasteiger partial charge in [-0.1, -0.05) is 29.8 Å². The molecule has 1 aromatic rings. The fraction of sp³-hybridized carbons (Fsp3) is 0.500. The molecular weight excluding hydrogens is 176 g/mol. The lowest BCUT2D eigenvalue weighted by molar-refractivity contribution is -0.000139. The Labute approximate surface area is 85.8 Å². The first-order valence-electron chi connectivity index (χ1n) is 4.88. The molecule has 0 N–H and O–H groups in total. The Bertz CT molecular complexity index is 271. The Morgan fingerprint density at radius 3 is 2.79 bits per heavy atom. The van der Waals surface area contributed by atoms with Crippen molar-refractivity contribution >= 4 is 0 Å². The minimum atomic E-state index is 0.153. The molecule has 0 fully saturated rings. The lowest BCUT2D eigenvalue weighted by Gasteiger charge is -2.11. The number of rotatable bonds is 5. The second kappa shape index (κ2) is 5.78. The van der Waals surface area contributed by atoms with Crippen molar-refractivity contribution in [1.82, 2.24) is 0 Å². The highest BCUT2D eigenvalue weighted by molar-refractivity contribution is 5.21. The molecule has 0 aliphatic rings. The van der Waals surface area contributed by atoms with Crippen molar-refractivity contribution in [2.24, 2.45) is 0 Å². The van der Waals surface area contributed by atoms with Crippen molar-refractivity contribution in [3.05, 3.63) is 35.4 Å². The molecule has 0 aliphatic heterocycles. The van der Waals surface area contributed by atoms with E-state index in [1.165, 1.54) is 11.1 Å². The van der Waals surface area contributed by atoms with Crippen LogP contribution in [0.3, 0.4) is 0 Å². The molecule has 1 aromatic carbocycles. The summed E-state index contributed by atoms with van der Waals surface area (Å²) in [4.78, 5) is 0. The number of hydrogen-bond acceptors (Lipinski definition) is 2. The van der Waals surface area contributed by atoms with Crippen molar-refractivity contribution < 1.29 is 9.47 Å². The summed E-state index contributed by atoms with van der Waals surface area (Å²) in [5.74, 6) is 0. The molecule has 0 bridgehead atoms. The Balaban J connectivity index is 2.37. The average molecular weight is 194 g/mol. The van der Waals surface area contributed by atoms with Crippen molar-refractivity contribution in [2.75, 3.05) is 13.7 Å². The summed E-state index contributed by atoms with van der Waals surface area (Å²) in [5, 5.41) is 0. The monoisotopic (exact) mass is 194 g/mol. The maximum Gasteiger partial charge on any atom is 0.0784 e. The van der Waals surface area contributed by atoms with Gasteiger partial charge in [0.25, 0.3) is 0 Å². The lowest BCUT2D eigenvalue weighted by Crippen LogP contribution is -2.14. The topological polar surface area (TPSA) is 18.5 Å². The van der Waals surface area contributed by atoms with Crippen molar-refractivity contribution in [3.63, 3.8) is 0 Å². The largest absolute Gasteiger partial charge is 0.382 e. The summed E-state index contributed by atoms with van der Waals surface area (Å²) < 4.78 is 10.6. The van der Waals surface area contributed by atoms with E-state index < -0.39 is 0 Å². The quantitative estimate of drug-likeness (QED) is 0.717. The molecule has 0 saturated carbocycles. The summed E-state index contributed by atoms with van der Waals surface area (Å²) in [6.07, 6.45) is 0.153. The fourth-order valence-corrected chi connectivity index (χ4v) is 1.32. The summed E-state index contributed by atoms with van der Waals surface area (Å²) >= 11 is 0. The SMILES string of the molecule is COCC(C)OCc1cccc(C)c1. The molecule has 78 valence electrons. The van der Waals surface area contributed by atoms with Crippen LogP contribution in [0.2, 0.25) is 0 Å². The lowest BCUT2D eigenvalue weighted by atomic mass is 10.1. The van der Waals surface area contributed by atoms with Crippen molar-refractivity contribution in [1.29, 1.82) is 0 Å². The van der Waals surface area contributed by atoms with Gasteiger partial charge in [-0.3, -0.25) is 0 Å². The summed E-state index contributed by atoms with van der Waals surface area (Å²) in [5.41, 5.74) is 2.48. The predicted molar refractivity (Wildman–Crippen MR) is 57.3 cm³/mol. The number of aryl methyl sites for hydroxylation is 1. The van der Waals surface area contributed by atoms with Gasteiger partial charge in [0.1, 0.15) is 0 Å². The minimum Gasteiger partial charge on any atom is -0.382 e. The van der Waals surface area contributed by atoms with E-state index in [1.807, 2.05) is 6.92 Å². The summed E-state index contributed by atoms with van der Waals surface area (Å²) in [7, 11) is 1.69. The van der Waals surface area contributed by atoms with E-state index in [4.69, 9.17) is 9.47 Å². The zero-order chi connectivity index (χ0) is 10.4. The van der Waals surface area contributed by atoms with Crippen LogP contribution >= 0.6 is 0 Å². The van der Waals surface area contributed by atoms with Gasteiger partial charge in [-0.05, 0) is 19.4 Å². The van der Waals surface area contributed by atoms with Gasteiger partial charge in [0.15, 0.2) is 0 Å². The molecular formula is C12H18O2. The second-order valence-electron chi connectivity index (χ2n) is 3.57. The Morgan fingerprint density at radius 2 is 2.14 bits per heavy atom. The Morgan fingerprint density at radius 1 is 1.36 bits per heavy atom. The zero-order valence-electron chi connectivity index (χ0n) is 9.12. The van der Waals surface area contributed by atoms with E-state index >= 15 is 0 Å². The maximum absolute atomic E-state index is 5.60. The van der Waals surface area contributed by atoms with E-state index in [0.29, 0.717) is 13.2 Å². The zero-order valence-corrected chi connectivity index (χ0v) is 9.12. The van der Waals surface area contributed by atoms with E-state index in [1.54, 1.807) is 7.11 Å². The second-order valence-corrected chi connectivity index (χ2v) is 3.57. The highest BCUT2D eigenvalue weighted by Crippen LogP contribution is 2.06. The summed E-state index contributed by atoms with van der Waals surface area (Å²) in [6, 6.07) is 8.35. The third kappa shape index (κ3) is 3.90. The van der Waals surface area contributed by atoms with E-state index in [2.05, 4.69) is 31.2 Å². The van der Waals surface area contributed by atoms with Gasteiger partial charge in [0.2, 0.25) is 0 Å². The average Bonchev–Trinajstić information content (AvgIpc) is 2.15. The van der Waals surface area contributed by atoms with Crippen LogP contribution in [-0.4, -0.2) is 19.8 Å². The maximum atomic E-state index is 5.60. The van der Waals surface area contributed by atoms with Crippen LogP contribution in [0.1, 0.15) is 18.1 Å². The van der Waals surface area contributed by atoms with E-state index in [0.717, 1.165) is 0 Å². The van der Waals surface area contributed by atoms with Crippen molar-refractivity contribution in [2.45, 2.75) is 26.6 Å². The van der Waals surface area contributed by atoms with Gasteiger partial charge < -0.3 is 9.47 Å². The number of hydrogen-bond donors (Lipinski definition) is 0. The molecule has 0 spiro atoms. The van der Waals surface area contributed by atoms with Crippen LogP contribution in [0.25, 0.3) is 0 Å². The van der Waals surface area contributed by atoms with Gasteiger partial charge in [0.05, 0.1) is 19.3 Å². The normalized spacial score (nSPS) is 12.8. The number of methoxy groups -OCH3 is 1. The van der Waals surface area contributed by atoms with Gasteiger partial charge in [-0.15, -0.1) is 0 Å². The van der Waals surface area contributed by atoms with Crippen molar-refractivity contribution in [3.8, 4) is 0 Å². The molecule has 1 unspecified atom stereocenters. The molecule has 2 heteroatoms. The molecule has 0 radical (unpaired) electrons. The standard InChI is InChI=1S/C12H18O2/c1-10-5-4-6-12(7-10)9-14-11(2)8-13-3/h4-7,11H,8-9H2,1-3H3. The first kappa shape index (κ1) is 11.2. The molecule has 0 saturated heterocycles. The summed E-state index contributed by atoms with van der Waals surface area (Å²) in [6.45, 7) is 5.40. The van der Waals surface area contributed by atoms with Crippen LogP contribution in [0.4, 0.5) is 0 Å². The van der Waals surface area contributed by atoms with Crippen LogP contribution in [0.5, 0.6) is 0 Å². The first-order valence-corrected chi connectivity index (χ1v) is 4.88.